The molecule has 2 rings (SSSR count). The lowest BCUT2D eigenvalue weighted by molar-refractivity contribution is 0.426. The molecule has 0 aromatic heterocycles. The average molecular weight is 213 g/mol. The van der Waals surface area contributed by atoms with E-state index in [4.69, 9.17) is 0 Å². The maximum Gasteiger partial charge on any atom is 0.0171 e. The molecule has 1 aliphatic carbocycles. The van der Waals surface area contributed by atoms with Crippen LogP contribution in [-0.2, 0) is 0 Å². The monoisotopic (exact) mass is 213 g/mol. The van der Waals surface area contributed by atoms with Crippen LogP contribution >= 0.6 is 11.8 Å². The quantitative estimate of drug-likeness (QED) is 0.773. The van der Waals surface area contributed by atoms with E-state index in [1.165, 1.54) is 37.9 Å². The minimum absolute atomic E-state index is 0.815. The Hall–Kier alpha value is 0.310. The Balaban J connectivity index is 1.72. The van der Waals surface area contributed by atoms with Crippen LogP contribution in [-0.4, -0.2) is 23.1 Å². The first-order valence-corrected chi connectivity index (χ1v) is 7.18. The summed E-state index contributed by atoms with van der Waals surface area (Å²) in [7, 11) is 0. The molecule has 82 valence electrons. The highest BCUT2D eigenvalue weighted by Gasteiger charge is 2.29. The minimum Gasteiger partial charge on any atom is -0.310 e. The van der Waals surface area contributed by atoms with Gasteiger partial charge < -0.3 is 5.32 Å². The summed E-state index contributed by atoms with van der Waals surface area (Å²) in [5, 5.41) is 4.75. The van der Waals surface area contributed by atoms with Crippen LogP contribution in [0, 0.1) is 5.92 Å². The molecule has 2 heteroatoms. The zero-order chi connectivity index (χ0) is 9.97. The van der Waals surface area contributed by atoms with Crippen molar-refractivity contribution in [3.63, 3.8) is 0 Å². The van der Waals surface area contributed by atoms with E-state index in [1.807, 2.05) is 0 Å². The van der Waals surface area contributed by atoms with Crippen molar-refractivity contribution in [1.29, 1.82) is 0 Å². The number of nitrogens with one attached hydrogen (secondary N) is 1. The third-order valence-electron chi connectivity index (χ3n) is 3.60. The van der Waals surface area contributed by atoms with Crippen molar-refractivity contribution in [2.45, 2.75) is 63.3 Å². The molecule has 2 unspecified atom stereocenters. The SMILES string of the molecule is CC(C)C1CC(NC2CCCC2)CS1. The van der Waals surface area contributed by atoms with Gasteiger partial charge in [0.05, 0.1) is 0 Å². The van der Waals surface area contributed by atoms with E-state index < -0.39 is 0 Å². The van der Waals surface area contributed by atoms with Crippen molar-refractivity contribution >= 4 is 11.8 Å². The third kappa shape index (κ3) is 2.66. The topological polar surface area (TPSA) is 12.0 Å². The molecule has 1 saturated carbocycles. The summed E-state index contributed by atoms with van der Waals surface area (Å²) in [5.74, 6) is 2.20. The van der Waals surface area contributed by atoms with Gasteiger partial charge in [0, 0.05) is 23.1 Å². The van der Waals surface area contributed by atoms with Crippen molar-refractivity contribution in [3.8, 4) is 0 Å². The van der Waals surface area contributed by atoms with Crippen molar-refractivity contribution in [2.75, 3.05) is 5.75 Å². The highest BCUT2D eigenvalue weighted by molar-refractivity contribution is 8.00. The second kappa shape index (κ2) is 4.89. The molecule has 0 spiro atoms. The number of hydrogen-bond acceptors (Lipinski definition) is 2. The summed E-state index contributed by atoms with van der Waals surface area (Å²) in [6, 6.07) is 1.67. The Labute approximate surface area is 92.4 Å². The van der Waals surface area contributed by atoms with E-state index in [9.17, 15) is 0 Å². The Morgan fingerprint density at radius 2 is 1.86 bits per heavy atom. The molecule has 0 radical (unpaired) electrons. The van der Waals surface area contributed by atoms with Gasteiger partial charge in [-0.05, 0) is 25.2 Å². The fraction of sp³-hybridized carbons (Fsp3) is 1.00. The molecule has 0 aromatic carbocycles. The van der Waals surface area contributed by atoms with E-state index >= 15 is 0 Å². The van der Waals surface area contributed by atoms with Gasteiger partial charge in [-0.1, -0.05) is 26.7 Å². The van der Waals surface area contributed by atoms with Gasteiger partial charge in [0.15, 0.2) is 0 Å². The molecule has 1 aliphatic heterocycles. The molecule has 1 nitrogen and oxygen atoms in total. The third-order valence-corrected chi connectivity index (χ3v) is 5.36. The maximum atomic E-state index is 3.84. The van der Waals surface area contributed by atoms with Crippen LogP contribution < -0.4 is 5.32 Å². The lowest BCUT2D eigenvalue weighted by atomic mass is 10.0. The lowest BCUT2D eigenvalue weighted by Crippen LogP contribution is -2.37. The van der Waals surface area contributed by atoms with E-state index in [1.54, 1.807) is 0 Å². The normalized spacial score (nSPS) is 34.5. The van der Waals surface area contributed by atoms with E-state index in [0.29, 0.717) is 0 Å². The van der Waals surface area contributed by atoms with Crippen molar-refractivity contribution in [2.24, 2.45) is 5.92 Å². The van der Waals surface area contributed by atoms with Gasteiger partial charge in [0.25, 0.3) is 0 Å². The standard InChI is InChI=1S/C12H23NS/c1-9(2)12-7-11(8-14-12)13-10-5-3-4-6-10/h9-13H,3-8H2,1-2H3. The van der Waals surface area contributed by atoms with E-state index in [-0.39, 0.29) is 0 Å². The van der Waals surface area contributed by atoms with Crippen LogP contribution in [0.3, 0.4) is 0 Å². The van der Waals surface area contributed by atoms with Gasteiger partial charge in [-0.3, -0.25) is 0 Å². The molecule has 2 atom stereocenters. The highest BCUT2D eigenvalue weighted by atomic mass is 32.2. The summed E-state index contributed by atoms with van der Waals surface area (Å²) in [6.45, 7) is 4.71. The second-order valence-electron chi connectivity index (χ2n) is 5.20. The molecule has 14 heavy (non-hydrogen) atoms. The molecule has 2 aliphatic rings. The predicted molar refractivity (Wildman–Crippen MR) is 64.9 cm³/mol. The van der Waals surface area contributed by atoms with Crippen LogP contribution in [0.4, 0.5) is 0 Å². The van der Waals surface area contributed by atoms with Gasteiger partial charge >= 0.3 is 0 Å². The van der Waals surface area contributed by atoms with E-state index in [2.05, 4.69) is 30.9 Å². The molecule has 1 saturated heterocycles. The molecule has 0 bridgehead atoms. The molecule has 1 N–H and O–H groups in total. The molecule has 1 heterocycles. The van der Waals surface area contributed by atoms with Crippen molar-refractivity contribution in [1.82, 2.24) is 5.32 Å². The summed E-state index contributed by atoms with van der Waals surface area (Å²) < 4.78 is 0. The molecule has 0 amide bonds. The van der Waals surface area contributed by atoms with Crippen LogP contribution in [0.15, 0.2) is 0 Å². The summed E-state index contributed by atoms with van der Waals surface area (Å²) in [4.78, 5) is 0. The van der Waals surface area contributed by atoms with Gasteiger partial charge in [-0.25, -0.2) is 0 Å². The zero-order valence-corrected chi connectivity index (χ0v) is 10.3. The van der Waals surface area contributed by atoms with Crippen LogP contribution in [0.25, 0.3) is 0 Å². The molecular weight excluding hydrogens is 190 g/mol. The predicted octanol–water partition coefficient (Wildman–Crippen LogP) is 3.05. The largest absolute Gasteiger partial charge is 0.310 e. The average Bonchev–Trinajstić information content (AvgIpc) is 2.75. The highest BCUT2D eigenvalue weighted by Crippen LogP contribution is 2.33. The Morgan fingerprint density at radius 3 is 2.43 bits per heavy atom. The zero-order valence-electron chi connectivity index (χ0n) is 9.46. The first-order chi connectivity index (χ1) is 6.75. The summed E-state index contributed by atoms with van der Waals surface area (Å²) in [5.41, 5.74) is 0. The molecular formula is C12H23NS. The van der Waals surface area contributed by atoms with Gasteiger partial charge in [-0.15, -0.1) is 0 Å². The fourth-order valence-corrected chi connectivity index (χ4v) is 4.13. The Morgan fingerprint density at radius 1 is 1.14 bits per heavy atom. The van der Waals surface area contributed by atoms with Gasteiger partial charge in [0.1, 0.15) is 0 Å². The van der Waals surface area contributed by atoms with Crippen LogP contribution in [0.2, 0.25) is 0 Å². The molecule has 0 aromatic rings. The smallest absolute Gasteiger partial charge is 0.0171 e. The molecule has 2 fully saturated rings. The van der Waals surface area contributed by atoms with Crippen LogP contribution in [0.1, 0.15) is 46.0 Å². The number of thioether (sulfide) groups is 1. The second-order valence-corrected chi connectivity index (χ2v) is 6.47. The minimum atomic E-state index is 0.815. The first kappa shape index (κ1) is 10.8. The van der Waals surface area contributed by atoms with Crippen molar-refractivity contribution < 1.29 is 0 Å². The van der Waals surface area contributed by atoms with E-state index in [0.717, 1.165) is 23.3 Å². The Kier molecular flexibility index (Phi) is 3.78. The van der Waals surface area contributed by atoms with Crippen LogP contribution in [0.5, 0.6) is 0 Å². The summed E-state index contributed by atoms with van der Waals surface area (Å²) in [6.07, 6.45) is 7.15. The van der Waals surface area contributed by atoms with Gasteiger partial charge in [-0.2, -0.15) is 11.8 Å². The first-order valence-electron chi connectivity index (χ1n) is 6.13. The maximum absolute atomic E-state index is 3.84. The fourth-order valence-electron chi connectivity index (χ4n) is 2.66. The lowest BCUT2D eigenvalue weighted by Gasteiger charge is -2.18. The Bertz CT molecular complexity index is 175. The van der Waals surface area contributed by atoms with Gasteiger partial charge in [0.2, 0.25) is 0 Å². The van der Waals surface area contributed by atoms with Crippen molar-refractivity contribution in [3.05, 3.63) is 0 Å². The summed E-state index contributed by atoms with van der Waals surface area (Å²) >= 11 is 2.18. The number of rotatable bonds is 3. The number of hydrogen-bond donors (Lipinski definition) is 1.